The number of carbonyl (C=O) groups is 1. The zero-order chi connectivity index (χ0) is 18.1. The summed E-state index contributed by atoms with van der Waals surface area (Å²) in [5, 5.41) is 1.02. The van der Waals surface area contributed by atoms with Gasteiger partial charge in [-0.25, -0.2) is 4.98 Å². The summed E-state index contributed by atoms with van der Waals surface area (Å²) in [5.41, 5.74) is 2.81. The molecule has 26 heavy (non-hydrogen) atoms. The Morgan fingerprint density at radius 1 is 1.15 bits per heavy atom. The van der Waals surface area contributed by atoms with Gasteiger partial charge in [-0.3, -0.25) is 9.69 Å². The molecule has 2 aromatic heterocycles. The van der Waals surface area contributed by atoms with Crippen molar-refractivity contribution in [2.45, 2.75) is 6.92 Å². The van der Waals surface area contributed by atoms with E-state index in [2.05, 4.69) is 35.7 Å². The first-order valence-corrected chi connectivity index (χ1v) is 9.60. The number of benzene rings is 1. The monoisotopic (exact) mass is 412 g/mol. The standard InChI is InChI=1S/C20H21BrN4O/c1-14-20(16-4-2-3-5-17(16)23-14)18(26)13-24-8-10-25(11-9-24)19-7-6-15(21)12-22-19/h2-7,12,23H,8-11,13H2,1H3. The lowest BCUT2D eigenvalue weighted by molar-refractivity contribution is 0.0927. The highest BCUT2D eigenvalue weighted by atomic mass is 79.9. The number of nitrogens with zero attached hydrogens (tertiary/aromatic N) is 3. The van der Waals surface area contributed by atoms with Crippen molar-refractivity contribution in [3.05, 3.63) is 58.3 Å². The van der Waals surface area contributed by atoms with E-state index >= 15 is 0 Å². The van der Waals surface area contributed by atoms with Gasteiger partial charge in [-0.1, -0.05) is 18.2 Å². The summed E-state index contributed by atoms with van der Waals surface area (Å²) in [5.74, 6) is 1.18. The maximum atomic E-state index is 12.9. The van der Waals surface area contributed by atoms with Gasteiger partial charge in [-0.2, -0.15) is 0 Å². The molecule has 0 radical (unpaired) electrons. The van der Waals surface area contributed by atoms with Crippen LogP contribution in [0, 0.1) is 6.92 Å². The van der Waals surface area contributed by atoms with E-state index in [1.807, 2.05) is 49.5 Å². The number of ketones is 1. The van der Waals surface area contributed by atoms with Gasteiger partial charge in [-0.05, 0) is 41.1 Å². The number of rotatable bonds is 4. The smallest absolute Gasteiger partial charge is 0.179 e. The summed E-state index contributed by atoms with van der Waals surface area (Å²) in [4.78, 5) is 25.2. The van der Waals surface area contributed by atoms with Crippen molar-refractivity contribution in [2.24, 2.45) is 0 Å². The minimum absolute atomic E-state index is 0.190. The molecule has 0 spiro atoms. The van der Waals surface area contributed by atoms with E-state index in [0.717, 1.165) is 58.6 Å². The zero-order valence-corrected chi connectivity index (χ0v) is 16.3. The van der Waals surface area contributed by atoms with E-state index < -0.39 is 0 Å². The quantitative estimate of drug-likeness (QED) is 0.664. The fourth-order valence-corrected chi connectivity index (χ4v) is 3.84. The topological polar surface area (TPSA) is 52.2 Å². The zero-order valence-electron chi connectivity index (χ0n) is 14.7. The second kappa shape index (κ2) is 7.21. The number of H-pyrrole nitrogens is 1. The molecule has 1 aromatic carbocycles. The van der Waals surface area contributed by atoms with Crippen molar-refractivity contribution in [3.8, 4) is 0 Å². The molecule has 0 bridgehead atoms. The molecule has 6 heteroatoms. The molecule has 0 aliphatic carbocycles. The van der Waals surface area contributed by atoms with Gasteiger partial charge in [0, 0.05) is 59.0 Å². The molecule has 0 unspecified atom stereocenters. The maximum absolute atomic E-state index is 12.9. The Bertz CT molecular complexity index is 927. The number of para-hydroxylation sites is 1. The van der Waals surface area contributed by atoms with Gasteiger partial charge in [0.1, 0.15) is 5.82 Å². The summed E-state index contributed by atoms with van der Waals surface area (Å²) >= 11 is 3.42. The van der Waals surface area contributed by atoms with Gasteiger partial charge in [0.2, 0.25) is 0 Å². The van der Waals surface area contributed by atoms with Crippen molar-refractivity contribution in [2.75, 3.05) is 37.6 Å². The van der Waals surface area contributed by atoms with Crippen molar-refractivity contribution in [1.82, 2.24) is 14.9 Å². The first kappa shape index (κ1) is 17.2. The van der Waals surface area contributed by atoms with Crippen LogP contribution in [0.1, 0.15) is 16.1 Å². The predicted molar refractivity (Wildman–Crippen MR) is 108 cm³/mol. The summed E-state index contributed by atoms with van der Waals surface area (Å²) in [7, 11) is 0. The van der Waals surface area contributed by atoms with Crippen LogP contribution < -0.4 is 4.90 Å². The third-order valence-corrected chi connectivity index (χ3v) is 5.42. The van der Waals surface area contributed by atoms with Crippen LogP contribution in [0.15, 0.2) is 47.1 Å². The molecule has 0 atom stereocenters. The van der Waals surface area contributed by atoms with E-state index in [4.69, 9.17) is 0 Å². The molecule has 0 amide bonds. The van der Waals surface area contributed by atoms with Crippen molar-refractivity contribution in [1.29, 1.82) is 0 Å². The highest BCUT2D eigenvalue weighted by Crippen LogP contribution is 2.23. The Kier molecular flexibility index (Phi) is 4.78. The number of aryl methyl sites for hydroxylation is 1. The number of carbonyl (C=O) groups excluding carboxylic acids is 1. The van der Waals surface area contributed by atoms with Crippen molar-refractivity contribution < 1.29 is 4.79 Å². The number of fused-ring (bicyclic) bond motifs is 1. The molecule has 1 N–H and O–H groups in total. The van der Waals surface area contributed by atoms with E-state index in [1.165, 1.54) is 0 Å². The lowest BCUT2D eigenvalue weighted by Crippen LogP contribution is -2.48. The number of aromatic nitrogens is 2. The Labute approximate surface area is 161 Å². The Balaban J connectivity index is 1.41. The summed E-state index contributed by atoms with van der Waals surface area (Å²) in [6, 6.07) is 12.0. The molecule has 1 aliphatic rings. The molecule has 5 nitrogen and oxygen atoms in total. The lowest BCUT2D eigenvalue weighted by atomic mass is 10.1. The van der Waals surface area contributed by atoms with E-state index in [9.17, 15) is 4.79 Å². The van der Waals surface area contributed by atoms with Gasteiger partial charge in [0.15, 0.2) is 5.78 Å². The first-order valence-electron chi connectivity index (χ1n) is 8.81. The Hall–Kier alpha value is -2.18. The number of pyridine rings is 1. The van der Waals surface area contributed by atoms with Crippen LogP contribution >= 0.6 is 15.9 Å². The maximum Gasteiger partial charge on any atom is 0.179 e. The first-order chi connectivity index (χ1) is 12.6. The van der Waals surface area contributed by atoms with Crippen LogP contribution in [0.3, 0.4) is 0 Å². The lowest BCUT2D eigenvalue weighted by Gasteiger charge is -2.35. The number of piperazine rings is 1. The van der Waals surface area contributed by atoms with Gasteiger partial charge < -0.3 is 9.88 Å². The molecule has 3 heterocycles. The second-order valence-electron chi connectivity index (χ2n) is 6.69. The molecule has 1 saturated heterocycles. The minimum Gasteiger partial charge on any atom is -0.358 e. The van der Waals surface area contributed by atoms with Crippen molar-refractivity contribution >= 4 is 38.4 Å². The number of halogens is 1. The van der Waals surface area contributed by atoms with Gasteiger partial charge in [0.25, 0.3) is 0 Å². The summed E-state index contributed by atoms with van der Waals surface area (Å²) in [6.07, 6.45) is 1.82. The van der Waals surface area contributed by atoms with E-state index in [0.29, 0.717) is 6.54 Å². The second-order valence-corrected chi connectivity index (χ2v) is 7.61. The Morgan fingerprint density at radius 2 is 1.92 bits per heavy atom. The normalized spacial score (nSPS) is 15.5. The minimum atomic E-state index is 0.190. The molecule has 134 valence electrons. The van der Waals surface area contributed by atoms with Crippen molar-refractivity contribution in [3.63, 3.8) is 0 Å². The molecular weight excluding hydrogens is 392 g/mol. The number of aromatic amines is 1. The van der Waals surface area contributed by atoms with Crippen LogP contribution in [0.5, 0.6) is 0 Å². The Morgan fingerprint density at radius 3 is 2.65 bits per heavy atom. The fourth-order valence-electron chi connectivity index (χ4n) is 3.61. The molecule has 4 rings (SSSR count). The SMILES string of the molecule is Cc1[nH]c2ccccc2c1C(=O)CN1CCN(c2ccc(Br)cn2)CC1. The number of hydrogen-bond acceptors (Lipinski definition) is 4. The highest BCUT2D eigenvalue weighted by molar-refractivity contribution is 9.10. The van der Waals surface area contributed by atoms with Gasteiger partial charge in [-0.15, -0.1) is 0 Å². The average molecular weight is 413 g/mol. The molecule has 1 aliphatic heterocycles. The van der Waals surface area contributed by atoms with Crippen LogP contribution in [-0.4, -0.2) is 53.4 Å². The van der Waals surface area contributed by atoms with Gasteiger partial charge in [0.05, 0.1) is 6.54 Å². The molecule has 1 fully saturated rings. The number of Topliss-reactive ketones (excluding diaryl/α,β-unsaturated/α-hetero) is 1. The van der Waals surface area contributed by atoms with E-state index in [1.54, 1.807) is 0 Å². The van der Waals surface area contributed by atoms with Crippen LogP contribution in [-0.2, 0) is 0 Å². The number of hydrogen-bond donors (Lipinski definition) is 1. The average Bonchev–Trinajstić information content (AvgIpc) is 2.99. The number of anilines is 1. The number of nitrogens with one attached hydrogen (secondary N) is 1. The third kappa shape index (κ3) is 3.39. The molecular formula is C20H21BrN4O. The van der Waals surface area contributed by atoms with Gasteiger partial charge >= 0.3 is 0 Å². The molecule has 3 aromatic rings. The fraction of sp³-hybridized carbons (Fsp3) is 0.300. The molecule has 0 saturated carbocycles. The summed E-state index contributed by atoms with van der Waals surface area (Å²) < 4.78 is 0.986. The largest absolute Gasteiger partial charge is 0.358 e. The van der Waals surface area contributed by atoms with E-state index in [-0.39, 0.29) is 5.78 Å². The van der Waals surface area contributed by atoms with Crippen LogP contribution in [0.2, 0.25) is 0 Å². The predicted octanol–water partition coefficient (Wildman–Crippen LogP) is 3.64. The summed E-state index contributed by atoms with van der Waals surface area (Å²) in [6.45, 7) is 5.94. The highest BCUT2D eigenvalue weighted by Gasteiger charge is 2.22. The third-order valence-electron chi connectivity index (χ3n) is 4.95. The van der Waals surface area contributed by atoms with Crippen LogP contribution in [0.25, 0.3) is 10.9 Å². The van der Waals surface area contributed by atoms with Crippen LogP contribution in [0.4, 0.5) is 5.82 Å².